The molecule has 0 aliphatic rings. The van der Waals surface area contributed by atoms with Crippen molar-refractivity contribution in [1.29, 1.82) is 0 Å². The summed E-state index contributed by atoms with van der Waals surface area (Å²) in [4.78, 5) is 61.1. The van der Waals surface area contributed by atoms with Crippen LogP contribution in [-0.2, 0) is 30.4 Å². The fourth-order valence-electron chi connectivity index (χ4n) is 3.33. The minimum absolute atomic E-state index is 0.170. The highest BCUT2D eigenvalue weighted by Gasteiger charge is 2.32. The van der Waals surface area contributed by atoms with Gasteiger partial charge in [0.2, 0.25) is 23.6 Å². The van der Waals surface area contributed by atoms with E-state index in [1.807, 2.05) is 18.2 Å². The Morgan fingerprint density at radius 2 is 1.50 bits per heavy atom. The zero-order chi connectivity index (χ0) is 27.3. The van der Waals surface area contributed by atoms with Gasteiger partial charge in [-0.3, -0.25) is 19.2 Å². The molecule has 1 rings (SSSR count). The summed E-state index contributed by atoms with van der Waals surface area (Å²) in [7, 11) is 0. The normalized spacial score (nSPS) is 15.0. The zero-order valence-electron chi connectivity index (χ0n) is 20.2. The number of unbranched alkanes of at least 4 members (excludes halogenated alkanes) is 1. The molecule has 0 fully saturated rings. The predicted molar refractivity (Wildman–Crippen MR) is 130 cm³/mol. The van der Waals surface area contributed by atoms with Crippen molar-refractivity contribution in [2.45, 2.75) is 69.3 Å². The van der Waals surface area contributed by atoms with Crippen molar-refractivity contribution in [1.82, 2.24) is 16.0 Å². The van der Waals surface area contributed by atoms with E-state index >= 15 is 0 Å². The molecule has 36 heavy (non-hydrogen) atoms. The van der Waals surface area contributed by atoms with Crippen molar-refractivity contribution in [2.24, 2.45) is 17.2 Å². The third kappa shape index (κ3) is 10.8. The summed E-state index contributed by atoms with van der Waals surface area (Å²) >= 11 is 0. The van der Waals surface area contributed by atoms with E-state index in [4.69, 9.17) is 17.2 Å². The predicted octanol–water partition coefficient (Wildman–Crippen LogP) is -2.52. The molecule has 0 radical (unpaired) electrons. The second-order valence-electron chi connectivity index (χ2n) is 8.44. The van der Waals surface area contributed by atoms with Gasteiger partial charge in [0.05, 0.1) is 18.6 Å². The summed E-state index contributed by atoms with van der Waals surface area (Å²) in [5.41, 5.74) is 17.5. The van der Waals surface area contributed by atoms with Crippen molar-refractivity contribution >= 4 is 29.6 Å². The SMILES string of the molecule is CC(O)C(NC(=O)C(CC(N)=O)NC(=O)C(CCCCN)NC(=O)C(N)Cc1ccccc1)C(=O)O. The summed E-state index contributed by atoms with van der Waals surface area (Å²) in [5.74, 6) is -4.88. The van der Waals surface area contributed by atoms with Gasteiger partial charge in [-0.1, -0.05) is 30.3 Å². The molecule has 13 heteroatoms. The topological polar surface area (TPSA) is 240 Å². The number of aliphatic carboxylic acids is 1. The highest BCUT2D eigenvalue weighted by molar-refractivity contribution is 5.96. The van der Waals surface area contributed by atoms with Gasteiger partial charge in [-0.25, -0.2) is 4.79 Å². The molecule has 0 aliphatic carbocycles. The number of carbonyl (C=O) groups is 5. The fraction of sp³-hybridized carbons (Fsp3) is 0.522. The van der Waals surface area contributed by atoms with Crippen LogP contribution in [0.4, 0.5) is 0 Å². The smallest absolute Gasteiger partial charge is 0.328 e. The van der Waals surface area contributed by atoms with Gasteiger partial charge in [0.25, 0.3) is 0 Å². The lowest BCUT2D eigenvalue weighted by molar-refractivity contribution is -0.145. The van der Waals surface area contributed by atoms with Crippen molar-refractivity contribution in [3.63, 3.8) is 0 Å². The van der Waals surface area contributed by atoms with Crippen LogP contribution in [0.1, 0.15) is 38.2 Å². The van der Waals surface area contributed by atoms with Crippen LogP contribution in [0.25, 0.3) is 0 Å². The molecule has 0 heterocycles. The molecule has 200 valence electrons. The number of benzene rings is 1. The Morgan fingerprint density at radius 3 is 2.03 bits per heavy atom. The number of hydrogen-bond acceptors (Lipinski definition) is 8. The number of nitrogens with two attached hydrogens (primary N) is 3. The number of carbonyl (C=O) groups excluding carboxylic acids is 4. The van der Waals surface area contributed by atoms with E-state index in [0.717, 1.165) is 12.5 Å². The van der Waals surface area contributed by atoms with Crippen LogP contribution in [0.5, 0.6) is 0 Å². The number of aliphatic hydroxyl groups excluding tert-OH is 1. The summed E-state index contributed by atoms with van der Waals surface area (Å²) in [6.07, 6.45) is -0.657. The largest absolute Gasteiger partial charge is 0.480 e. The van der Waals surface area contributed by atoms with Gasteiger partial charge >= 0.3 is 5.97 Å². The van der Waals surface area contributed by atoms with E-state index in [9.17, 15) is 34.2 Å². The molecular formula is C23H36N6O7. The molecule has 0 bridgehead atoms. The first-order valence-electron chi connectivity index (χ1n) is 11.6. The molecule has 0 aliphatic heterocycles. The Labute approximate surface area is 209 Å². The van der Waals surface area contributed by atoms with Crippen LogP contribution in [-0.4, -0.2) is 76.6 Å². The molecule has 4 amide bonds. The maximum Gasteiger partial charge on any atom is 0.328 e. The Balaban J connectivity index is 2.97. The second kappa shape index (κ2) is 15.4. The van der Waals surface area contributed by atoms with Gasteiger partial charge in [-0.05, 0) is 44.7 Å². The Kier molecular flexibility index (Phi) is 13.1. The maximum absolute atomic E-state index is 13.0. The van der Waals surface area contributed by atoms with Gasteiger partial charge in [-0.2, -0.15) is 0 Å². The number of aliphatic hydroxyl groups is 1. The summed E-state index contributed by atoms with van der Waals surface area (Å²) in [5, 5.41) is 25.8. The number of nitrogens with one attached hydrogen (secondary N) is 3. The maximum atomic E-state index is 13.0. The number of primary amides is 1. The quantitative estimate of drug-likeness (QED) is 0.110. The average molecular weight is 509 g/mol. The molecule has 13 nitrogen and oxygen atoms in total. The fourth-order valence-corrected chi connectivity index (χ4v) is 3.33. The molecule has 5 atom stereocenters. The van der Waals surface area contributed by atoms with Gasteiger partial charge < -0.3 is 43.4 Å². The van der Waals surface area contributed by atoms with Gasteiger partial charge in [-0.15, -0.1) is 0 Å². The molecule has 0 saturated heterocycles. The van der Waals surface area contributed by atoms with E-state index in [0.29, 0.717) is 19.4 Å². The van der Waals surface area contributed by atoms with Crippen molar-refractivity contribution in [3.8, 4) is 0 Å². The minimum Gasteiger partial charge on any atom is -0.480 e. The number of amides is 4. The first kappa shape index (κ1) is 30.5. The highest BCUT2D eigenvalue weighted by Crippen LogP contribution is 2.06. The molecule has 0 saturated carbocycles. The van der Waals surface area contributed by atoms with Crippen LogP contribution < -0.4 is 33.2 Å². The van der Waals surface area contributed by atoms with Crippen LogP contribution >= 0.6 is 0 Å². The Morgan fingerprint density at radius 1 is 0.917 bits per heavy atom. The molecule has 1 aromatic carbocycles. The highest BCUT2D eigenvalue weighted by atomic mass is 16.4. The van der Waals surface area contributed by atoms with Gasteiger partial charge in [0.15, 0.2) is 6.04 Å². The van der Waals surface area contributed by atoms with Gasteiger partial charge in [0.1, 0.15) is 12.1 Å². The van der Waals surface area contributed by atoms with E-state index in [1.54, 1.807) is 12.1 Å². The van der Waals surface area contributed by atoms with E-state index < -0.39 is 66.3 Å². The third-order valence-corrected chi connectivity index (χ3v) is 5.30. The van der Waals surface area contributed by atoms with Crippen molar-refractivity contribution in [3.05, 3.63) is 35.9 Å². The van der Waals surface area contributed by atoms with Crippen LogP contribution in [0.15, 0.2) is 30.3 Å². The molecule has 11 N–H and O–H groups in total. The third-order valence-electron chi connectivity index (χ3n) is 5.30. The molecule has 1 aromatic rings. The van der Waals surface area contributed by atoms with Crippen molar-refractivity contribution < 1.29 is 34.2 Å². The second-order valence-corrected chi connectivity index (χ2v) is 8.44. The number of hydrogen-bond donors (Lipinski definition) is 8. The van der Waals surface area contributed by atoms with Crippen LogP contribution in [0.2, 0.25) is 0 Å². The first-order valence-corrected chi connectivity index (χ1v) is 11.6. The van der Waals surface area contributed by atoms with Crippen LogP contribution in [0.3, 0.4) is 0 Å². The van der Waals surface area contributed by atoms with Crippen LogP contribution in [0, 0.1) is 0 Å². The van der Waals surface area contributed by atoms with E-state index in [-0.39, 0.29) is 12.8 Å². The summed E-state index contributed by atoms with van der Waals surface area (Å²) in [6.45, 7) is 1.51. The monoisotopic (exact) mass is 508 g/mol. The summed E-state index contributed by atoms with van der Waals surface area (Å²) < 4.78 is 0. The lowest BCUT2D eigenvalue weighted by atomic mass is 10.0. The molecular weight excluding hydrogens is 472 g/mol. The lowest BCUT2D eigenvalue weighted by Gasteiger charge is -2.25. The number of carboxylic acids is 1. The summed E-state index contributed by atoms with van der Waals surface area (Å²) in [6, 6.07) is 3.77. The minimum atomic E-state index is -1.68. The molecule has 5 unspecified atom stereocenters. The number of rotatable bonds is 16. The van der Waals surface area contributed by atoms with E-state index in [2.05, 4.69) is 16.0 Å². The van der Waals surface area contributed by atoms with Gasteiger partial charge in [0, 0.05) is 0 Å². The number of carboxylic acid groups (broad SMARTS) is 1. The lowest BCUT2D eigenvalue weighted by Crippen LogP contribution is -2.59. The first-order chi connectivity index (χ1) is 17.0. The van der Waals surface area contributed by atoms with E-state index in [1.165, 1.54) is 0 Å². The molecule has 0 aromatic heterocycles. The average Bonchev–Trinajstić information content (AvgIpc) is 2.81. The zero-order valence-corrected chi connectivity index (χ0v) is 20.2. The Hall–Kier alpha value is -3.55. The standard InChI is InChI=1S/C23H36N6O7/c1-13(30)19(23(35)36)29-22(34)17(12-18(26)31)28-21(33)16(9-5-6-10-24)27-20(32)15(25)11-14-7-3-2-4-8-14/h2-4,7-8,13,15-17,19,30H,5-6,9-12,24-25H2,1H3,(H2,26,31)(H,27,32)(H,28,33)(H,29,34)(H,35,36). The Bertz CT molecular complexity index is 896. The van der Waals surface area contributed by atoms with Crippen molar-refractivity contribution in [2.75, 3.05) is 6.54 Å². The molecule has 0 spiro atoms.